The quantitative estimate of drug-likeness (QED) is 0.554. The zero-order chi connectivity index (χ0) is 6.81. The Morgan fingerprint density at radius 2 is 2.20 bits per heavy atom. The van der Waals surface area contributed by atoms with Gasteiger partial charge in [0.2, 0.25) is 0 Å². The number of rotatable bonds is 0. The predicted octanol–water partition coefficient (Wildman–Crippen LogP) is 2.48. The van der Waals surface area contributed by atoms with Crippen LogP contribution in [0.1, 0.15) is 11.3 Å². The molecule has 2 rings (SSSR count). The fraction of sp³-hybridized carbons (Fsp3) is 0.286. The summed E-state index contributed by atoms with van der Waals surface area (Å²) in [5.41, 5.74) is 2.68. The molecule has 0 fully saturated rings. The molecule has 10 heavy (non-hydrogen) atoms. The Hall–Kier alpha value is -0.150. The summed E-state index contributed by atoms with van der Waals surface area (Å²) in [6, 6.07) is 4.17. The molecule has 0 aromatic carbocycles. The lowest BCUT2D eigenvalue weighted by atomic mass is 10.2. The Morgan fingerprint density at radius 1 is 1.30 bits per heavy atom. The highest BCUT2D eigenvalue weighted by atomic mass is 33.1. The molecule has 0 unspecified atom stereocenters. The second-order valence-electron chi connectivity index (χ2n) is 2.13. The molecule has 3 heteroatoms. The zero-order valence-electron chi connectivity index (χ0n) is 5.41. The van der Waals surface area contributed by atoms with Gasteiger partial charge in [-0.2, -0.15) is 0 Å². The highest BCUT2D eigenvalue weighted by molar-refractivity contribution is 8.76. The predicted molar refractivity (Wildman–Crippen MR) is 46.8 cm³/mol. The molecule has 1 aliphatic rings. The van der Waals surface area contributed by atoms with Gasteiger partial charge in [-0.15, -0.1) is 0 Å². The van der Waals surface area contributed by atoms with Crippen LogP contribution < -0.4 is 0 Å². The molecule has 0 saturated heterocycles. The second kappa shape index (κ2) is 2.84. The third kappa shape index (κ3) is 1.16. The van der Waals surface area contributed by atoms with Gasteiger partial charge < -0.3 is 0 Å². The fourth-order valence-corrected chi connectivity index (χ4v) is 3.08. The topological polar surface area (TPSA) is 12.9 Å². The lowest BCUT2D eigenvalue weighted by Crippen LogP contribution is -1.96. The second-order valence-corrected chi connectivity index (χ2v) is 4.60. The van der Waals surface area contributed by atoms with Crippen molar-refractivity contribution in [3.8, 4) is 0 Å². The molecule has 1 nitrogen and oxygen atoms in total. The Kier molecular flexibility index (Phi) is 1.86. The van der Waals surface area contributed by atoms with Gasteiger partial charge in [-0.3, -0.25) is 4.98 Å². The van der Waals surface area contributed by atoms with E-state index in [1.54, 1.807) is 0 Å². The van der Waals surface area contributed by atoms with E-state index in [-0.39, 0.29) is 0 Å². The van der Waals surface area contributed by atoms with E-state index in [0.717, 1.165) is 11.5 Å². The highest BCUT2D eigenvalue weighted by Crippen LogP contribution is 2.35. The van der Waals surface area contributed by atoms with Crippen molar-refractivity contribution >= 4 is 21.6 Å². The molecule has 2 heterocycles. The summed E-state index contributed by atoms with van der Waals surface area (Å²) in [5, 5.41) is 0. The lowest BCUT2D eigenvalue weighted by molar-refractivity contribution is 1.12. The molecule has 1 aromatic rings. The Morgan fingerprint density at radius 3 is 3.10 bits per heavy atom. The van der Waals surface area contributed by atoms with Gasteiger partial charge in [-0.25, -0.2) is 0 Å². The molecule has 1 aromatic heterocycles. The number of hydrogen-bond acceptors (Lipinski definition) is 3. The smallest absolute Gasteiger partial charge is 0.0551 e. The van der Waals surface area contributed by atoms with Gasteiger partial charge in [0.15, 0.2) is 0 Å². The van der Waals surface area contributed by atoms with Crippen LogP contribution in [0.4, 0.5) is 0 Å². The van der Waals surface area contributed by atoms with Crippen LogP contribution in [0.25, 0.3) is 0 Å². The summed E-state index contributed by atoms with van der Waals surface area (Å²) < 4.78 is 0. The first kappa shape index (κ1) is 6.55. The van der Waals surface area contributed by atoms with Crippen LogP contribution in [0.3, 0.4) is 0 Å². The van der Waals surface area contributed by atoms with Gasteiger partial charge in [0.1, 0.15) is 0 Å². The highest BCUT2D eigenvalue weighted by Gasteiger charge is 2.08. The number of nitrogens with zero attached hydrogens (tertiary/aromatic N) is 1. The van der Waals surface area contributed by atoms with Crippen LogP contribution >= 0.6 is 21.6 Å². The van der Waals surface area contributed by atoms with Crippen molar-refractivity contribution in [3.63, 3.8) is 0 Å². The minimum absolute atomic E-state index is 1.07. The summed E-state index contributed by atoms with van der Waals surface area (Å²) in [5.74, 6) is 2.19. The van der Waals surface area contributed by atoms with E-state index in [0.29, 0.717) is 0 Å². The molecule has 0 bridgehead atoms. The summed E-state index contributed by atoms with van der Waals surface area (Å²) in [6.07, 6.45) is 1.87. The fourth-order valence-electron chi connectivity index (χ4n) is 0.935. The van der Waals surface area contributed by atoms with Crippen LogP contribution in [-0.4, -0.2) is 4.98 Å². The maximum absolute atomic E-state index is 4.29. The number of pyridine rings is 1. The molecule has 0 saturated carbocycles. The third-order valence-electron chi connectivity index (χ3n) is 1.48. The van der Waals surface area contributed by atoms with Crippen LogP contribution in [0.5, 0.6) is 0 Å². The van der Waals surface area contributed by atoms with E-state index in [9.17, 15) is 0 Å². The van der Waals surface area contributed by atoms with Crippen molar-refractivity contribution in [1.82, 2.24) is 4.98 Å². The van der Waals surface area contributed by atoms with E-state index in [2.05, 4.69) is 11.1 Å². The number of aromatic nitrogens is 1. The molecule has 0 spiro atoms. The van der Waals surface area contributed by atoms with E-state index in [1.165, 1.54) is 11.3 Å². The normalized spacial score (nSPS) is 16.4. The zero-order valence-corrected chi connectivity index (χ0v) is 7.04. The van der Waals surface area contributed by atoms with Crippen LogP contribution in [-0.2, 0) is 11.5 Å². The van der Waals surface area contributed by atoms with E-state index >= 15 is 0 Å². The molecule has 52 valence electrons. The maximum Gasteiger partial charge on any atom is 0.0551 e. The van der Waals surface area contributed by atoms with Crippen molar-refractivity contribution in [2.45, 2.75) is 11.5 Å². The van der Waals surface area contributed by atoms with Gasteiger partial charge in [0.05, 0.1) is 5.69 Å². The summed E-state index contributed by atoms with van der Waals surface area (Å²) in [4.78, 5) is 4.29. The minimum atomic E-state index is 1.07. The Labute approximate surface area is 68.0 Å². The molecular formula is C7H7NS2. The average Bonchev–Trinajstić information content (AvgIpc) is 2.05. The van der Waals surface area contributed by atoms with Gasteiger partial charge in [-0.05, 0) is 11.6 Å². The Balaban J connectivity index is 2.41. The molecular weight excluding hydrogens is 162 g/mol. The SMILES string of the molecule is c1cnc2c(c1)CSSC2. The number of fused-ring (bicyclic) bond motifs is 1. The minimum Gasteiger partial charge on any atom is -0.260 e. The third-order valence-corrected chi connectivity index (χ3v) is 3.67. The van der Waals surface area contributed by atoms with E-state index in [1.807, 2.05) is 33.9 Å². The molecule has 0 amide bonds. The van der Waals surface area contributed by atoms with Crippen molar-refractivity contribution in [3.05, 3.63) is 29.6 Å². The van der Waals surface area contributed by atoms with Gasteiger partial charge in [0, 0.05) is 17.7 Å². The molecule has 0 radical (unpaired) electrons. The summed E-state index contributed by atoms with van der Waals surface area (Å²) in [7, 11) is 3.81. The molecule has 0 N–H and O–H groups in total. The summed E-state index contributed by atoms with van der Waals surface area (Å²) in [6.45, 7) is 0. The molecule has 1 aliphatic heterocycles. The van der Waals surface area contributed by atoms with E-state index in [4.69, 9.17) is 0 Å². The van der Waals surface area contributed by atoms with Crippen LogP contribution in [0.15, 0.2) is 18.3 Å². The van der Waals surface area contributed by atoms with E-state index < -0.39 is 0 Å². The van der Waals surface area contributed by atoms with Crippen LogP contribution in [0, 0.1) is 0 Å². The maximum atomic E-state index is 4.29. The molecule has 0 atom stereocenters. The number of hydrogen-bond donors (Lipinski definition) is 0. The summed E-state index contributed by atoms with van der Waals surface area (Å²) >= 11 is 0. The van der Waals surface area contributed by atoms with Gasteiger partial charge in [0.25, 0.3) is 0 Å². The first-order chi connectivity index (χ1) is 4.97. The van der Waals surface area contributed by atoms with Crippen molar-refractivity contribution in [2.24, 2.45) is 0 Å². The van der Waals surface area contributed by atoms with Crippen molar-refractivity contribution in [2.75, 3.05) is 0 Å². The first-order valence-corrected chi connectivity index (χ1v) is 5.63. The standard InChI is InChI=1S/C7H7NS2/c1-2-6-4-9-10-5-7(6)8-3-1/h1-3H,4-5H2. The molecule has 0 aliphatic carbocycles. The van der Waals surface area contributed by atoms with Gasteiger partial charge in [-0.1, -0.05) is 27.7 Å². The van der Waals surface area contributed by atoms with Crippen molar-refractivity contribution in [1.29, 1.82) is 0 Å². The lowest BCUT2D eigenvalue weighted by Gasteiger charge is -2.11. The van der Waals surface area contributed by atoms with Crippen molar-refractivity contribution < 1.29 is 0 Å². The Bertz CT molecular complexity index is 212. The monoisotopic (exact) mass is 169 g/mol. The largest absolute Gasteiger partial charge is 0.260 e. The first-order valence-electron chi connectivity index (χ1n) is 3.14. The van der Waals surface area contributed by atoms with Gasteiger partial charge >= 0.3 is 0 Å². The van der Waals surface area contributed by atoms with Crippen LogP contribution in [0.2, 0.25) is 0 Å². The average molecular weight is 169 g/mol.